The van der Waals surface area contributed by atoms with Gasteiger partial charge in [0, 0.05) is 12.0 Å². The minimum atomic E-state index is -0.524. The number of Topliss-reactive ketones (excluding diaryl/α,β-unsaturated/α-hetero) is 1. The van der Waals surface area contributed by atoms with E-state index < -0.39 is 5.82 Å². The molecule has 0 spiro atoms. The lowest BCUT2D eigenvalue weighted by molar-refractivity contribution is 0.0985. The Bertz CT molecular complexity index is 665. The van der Waals surface area contributed by atoms with Gasteiger partial charge >= 0.3 is 0 Å². The zero-order valence-electron chi connectivity index (χ0n) is 12.3. The molecule has 0 bridgehead atoms. The average molecular weight is 288 g/mol. The molecule has 0 amide bonds. The molecule has 2 aromatic rings. The summed E-state index contributed by atoms with van der Waals surface area (Å²) in [4.78, 5) is 12.1. The number of hydrogen-bond acceptors (Lipinski definition) is 3. The van der Waals surface area contributed by atoms with Crippen molar-refractivity contribution in [1.29, 1.82) is 0 Å². The standard InChI is InChI=1S/C17H17FO3/c1-4-15(19)17-12(6-5-7-14(17)18)13-10-11(20-2)8-9-16(13)21-3/h5-10H,4H2,1-3H3. The van der Waals surface area contributed by atoms with E-state index in [0.29, 0.717) is 22.6 Å². The fourth-order valence-corrected chi connectivity index (χ4v) is 2.23. The van der Waals surface area contributed by atoms with Crippen LogP contribution in [0.3, 0.4) is 0 Å². The summed E-state index contributed by atoms with van der Waals surface area (Å²) in [5, 5.41) is 0. The predicted octanol–water partition coefficient (Wildman–Crippen LogP) is 4.10. The molecule has 0 radical (unpaired) electrons. The molecule has 3 nitrogen and oxygen atoms in total. The number of rotatable bonds is 5. The number of hydrogen-bond donors (Lipinski definition) is 0. The molecule has 0 unspecified atom stereocenters. The Hall–Kier alpha value is -2.36. The fourth-order valence-electron chi connectivity index (χ4n) is 2.23. The smallest absolute Gasteiger partial charge is 0.166 e. The third-order valence-corrected chi connectivity index (χ3v) is 3.31. The van der Waals surface area contributed by atoms with Crippen LogP contribution in [0.25, 0.3) is 11.1 Å². The van der Waals surface area contributed by atoms with E-state index in [-0.39, 0.29) is 17.8 Å². The van der Waals surface area contributed by atoms with Gasteiger partial charge in [0.1, 0.15) is 17.3 Å². The van der Waals surface area contributed by atoms with Gasteiger partial charge in [0.25, 0.3) is 0 Å². The Kier molecular flexibility index (Phi) is 4.58. The molecule has 0 saturated carbocycles. The lowest BCUT2D eigenvalue weighted by atomic mass is 9.94. The maximum absolute atomic E-state index is 14.1. The van der Waals surface area contributed by atoms with E-state index in [2.05, 4.69) is 0 Å². The second kappa shape index (κ2) is 6.39. The topological polar surface area (TPSA) is 35.5 Å². The normalized spacial score (nSPS) is 10.3. The number of benzene rings is 2. The number of carbonyl (C=O) groups is 1. The van der Waals surface area contributed by atoms with E-state index in [4.69, 9.17) is 9.47 Å². The molecule has 0 fully saturated rings. The van der Waals surface area contributed by atoms with Crippen LogP contribution in [0.15, 0.2) is 36.4 Å². The van der Waals surface area contributed by atoms with Crippen LogP contribution in [0, 0.1) is 5.82 Å². The predicted molar refractivity (Wildman–Crippen MR) is 79.6 cm³/mol. The van der Waals surface area contributed by atoms with Crippen LogP contribution in [0.2, 0.25) is 0 Å². The SMILES string of the molecule is CCC(=O)c1c(F)cccc1-c1cc(OC)ccc1OC. The highest BCUT2D eigenvalue weighted by Crippen LogP contribution is 2.36. The van der Waals surface area contributed by atoms with E-state index in [1.54, 1.807) is 44.4 Å². The van der Waals surface area contributed by atoms with Crippen molar-refractivity contribution in [3.8, 4) is 22.6 Å². The van der Waals surface area contributed by atoms with Crippen LogP contribution < -0.4 is 9.47 Å². The van der Waals surface area contributed by atoms with Crippen molar-refractivity contribution >= 4 is 5.78 Å². The maximum atomic E-state index is 14.1. The van der Waals surface area contributed by atoms with Crippen LogP contribution in [0.1, 0.15) is 23.7 Å². The molecule has 0 aliphatic rings. The number of carbonyl (C=O) groups excluding carboxylic acids is 1. The highest BCUT2D eigenvalue weighted by molar-refractivity contribution is 6.03. The third-order valence-electron chi connectivity index (χ3n) is 3.31. The number of halogens is 1. The molecule has 0 aliphatic carbocycles. The van der Waals surface area contributed by atoms with E-state index in [1.165, 1.54) is 13.2 Å². The molecule has 2 aromatic carbocycles. The summed E-state index contributed by atoms with van der Waals surface area (Å²) in [5.41, 5.74) is 1.23. The zero-order valence-corrected chi connectivity index (χ0v) is 12.3. The van der Waals surface area contributed by atoms with Crippen LogP contribution in [-0.4, -0.2) is 20.0 Å². The quantitative estimate of drug-likeness (QED) is 0.777. The van der Waals surface area contributed by atoms with Gasteiger partial charge in [-0.1, -0.05) is 19.1 Å². The molecule has 0 N–H and O–H groups in total. The Morgan fingerprint density at radius 3 is 2.48 bits per heavy atom. The van der Waals surface area contributed by atoms with Crippen molar-refractivity contribution < 1.29 is 18.7 Å². The Labute approximate surface area is 123 Å². The van der Waals surface area contributed by atoms with E-state index in [0.717, 1.165) is 0 Å². The lowest BCUT2D eigenvalue weighted by Gasteiger charge is -2.14. The first-order chi connectivity index (χ1) is 10.1. The van der Waals surface area contributed by atoms with Crippen LogP contribution in [-0.2, 0) is 0 Å². The van der Waals surface area contributed by atoms with Crippen molar-refractivity contribution in [2.75, 3.05) is 14.2 Å². The molecule has 0 heterocycles. The van der Waals surface area contributed by atoms with Crippen molar-refractivity contribution in [1.82, 2.24) is 0 Å². The molecule has 0 aromatic heterocycles. The Balaban J connectivity index is 2.72. The van der Waals surface area contributed by atoms with E-state index >= 15 is 0 Å². The minimum absolute atomic E-state index is 0.0894. The highest BCUT2D eigenvalue weighted by atomic mass is 19.1. The Morgan fingerprint density at radius 1 is 1.10 bits per heavy atom. The first-order valence-electron chi connectivity index (χ1n) is 6.66. The largest absolute Gasteiger partial charge is 0.497 e. The summed E-state index contributed by atoms with van der Waals surface area (Å²) < 4.78 is 24.6. The lowest BCUT2D eigenvalue weighted by Crippen LogP contribution is -2.04. The summed E-state index contributed by atoms with van der Waals surface area (Å²) in [5.74, 6) is 0.411. The second-order valence-electron chi connectivity index (χ2n) is 4.51. The van der Waals surface area contributed by atoms with Gasteiger partial charge in [-0.05, 0) is 29.8 Å². The van der Waals surface area contributed by atoms with Crippen molar-refractivity contribution in [3.63, 3.8) is 0 Å². The molecule has 2 rings (SSSR count). The van der Waals surface area contributed by atoms with E-state index in [9.17, 15) is 9.18 Å². The van der Waals surface area contributed by atoms with Gasteiger partial charge in [-0.3, -0.25) is 4.79 Å². The van der Waals surface area contributed by atoms with E-state index in [1.807, 2.05) is 0 Å². The number of ketones is 1. The molecule has 4 heteroatoms. The van der Waals surface area contributed by atoms with Gasteiger partial charge in [-0.25, -0.2) is 4.39 Å². The number of ether oxygens (including phenoxy) is 2. The molecular formula is C17H17FO3. The average Bonchev–Trinajstić information content (AvgIpc) is 2.53. The van der Waals surface area contributed by atoms with Gasteiger partial charge in [0.15, 0.2) is 5.78 Å². The molecular weight excluding hydrogens is 271 g/mol. The highest BCUT2D eigenvalue weighted by Gasteiger charge is 2.19. The molecule has 0 aliphatic heterocycles. The summed E-state index contributed by atoms with van der Waals surface area (Å²) in [6.07, 6.45) is 0.236. The van der Waals surface area contributed by atoms with Crippen LogP contribution in [0.5, 0.6) is 11.5 Å². The summed E-state index contributed by atoms with van der Waals surface area (Å²) in [7, 11) is 3.08. The third kappa shape index (κ3) is 2.89. The fraction of sp³-hybridized carbons (Fsp3) is 0.235. The van der Waals surface area contributed by atoms with Crippen molar-refractivity contribution in [3.05, 3.63) is 47.8 Å². The monoisotopic (exact) mass is 288 g/mol. The molecule has 0 atom stereocenters. The van der Waals surface area contributed by atoms with Gasteiger partial charge in [0.2, 0.25) is 0 Å². The molecule has 110 valence electrons. The maximum Gasteiger partial charge on any atom is 0.166 e. The second-order valence-corrected chi connectivity index (χ2v) is 4.51. The minimum Gasteiger partial charge on any atom is -0.497 e. The first-order valence-corrected chi connectivity index (χ1v) is 6.66. The van der Waals surface area contributed by atoms with Crippen LogP contribution >= 0.6 is 0 Å². The molecule has 21 heavy (non-hydrogen) atoms. The summed E-state index contributed by atoms with van der Waals surface area (Å²) >= 11 is 0. The van der Waals surface area contributed by atoms with Gasteiger partial charge in [-0.2, -0.15) is 0 Å². The Morgan fingerprint density at radius 2 is 1.86 bits per heavy atom. The van der Waals surface area contributed by atoms with Crippen molar-refractivity contribution in [2.24, 2.45) is 0 Å². The van der Waals surface area contributed by atoms with Gasteiger partial charge in [-0.15, -0.1) is 0 Å². The summed E-state index contributed by atoms with van der Waals surface area (Å²) in [6.45, 7) is 1.71. The number of methoxy groups -OCH3 is 2. The van der Waals surface area contributed by atoms with Gasteiger partial charge in [0.05, 0.1) is 19.8 Å². The van der Waals surface area contributed by atoms with Crippen LogP contribution in [0.4, 0.5) is 4.39 Å². The first kappa shape index (κ1) is 15.0. The summed E-state index contributed by atoms with van der Waals surface area (Å²) in [6, 6.07) is 9.81. The zero-order chi connectivity index (χ0) is 15.4. The van der Waals surface area contributed by atoms with Crippen molar-refractivity contribution in [2.45, 2.75) is 13.3 Å². The molecule has 0 saturated heterocycles. The van der Waals surface area contributed by atoms with Gasteiger partial charge < -0.3 is 9.47 Å².